The van der Waals surface area contributed by atoms with Gasteiger partial charge in [0.2, 0.25) is 0 Å². The Morgan fingerprint density at radius 2 is 2.00 bits per heavy atom. The minimum atomic E-state index is -0.704. The summed E-state index contributed by atoms with van der Waals surface area (Å²) in [6, 6.07) is 7.18. The van der Waals surface area contributed by atoms with Crippen LogP contribution in [0.5, 0.6) is 0 Å². The fourth-order valence-corrected chi connectivity index (χ4v) is 2.24. The molecule has 1 aromatic heterocycles. The zero-order valence-electron chi connectivity index (χ0n) is 11.0. The highest BCUT2D eigenvalue weighted by atomic mass is 16.3. The zero-order chi connectivity index (χ0) is 14.1. The Morgan fingerprint density at radius 3 is 2.70 bits per heavy atom. The molecule has 20 heavy (non-hydrogen) atoms. The molecular weight excluding hydrogens is 258 g/mol. The van der Waals surface area contributed by atoms with Crippen LogP contribution in [0.4, 0.5) is 0 Å². The number of rotatable bonds is 5. The zero-order valence-corrected chi connectivity index (χ0v) is 11.0. The molecule has 3 N–H and O–H groups in total. The summed E-state index contributed by atoms with van der Waals surface area (Å²) in [4.78, 5) is 24.1. The van der Waals surface area contributed by atoms with E-state index in [9.17, 15) is 14.7 Å². The van der Waals surface area contributed by atoms with Crippen LogP contribution in [0.25, 0.3) is 10.8 Å². The number of aliphatic hydroxyl groups is 1. The molecule has 1 aliphatic carbocycles. The highest BCUT2D eigenvalue weighted by Crippen LogP contribution is 2.18. The third-order valence-electron chi connectivity index (χ3n) is 3.50. The summed E-state index contributed by atoms with van der Waals surface area (Å²) < 4.78 is 1.18. The predicted octanol–water partition coefficient (Wildman–Crippen LogP) is -0.197. The van der Waals surface area contributed by atoms with Crippen molar-refractivity contribution in [3.8, 4) is 0 Å². The Morgan fingerprint density at radius 1 is 1.30 bits per heavy atom. The SMILES string of the molecule is O=c1[nH]n(CC(O)CNC2CC2)c(=O)c2ccccc12. The maximum atomic E-state index is 12.2. The lowest BCUT2D eigenvalue weighted by atomic mass is 10.2. The van der Waals surface area contributed by atoms with Crippen molar-refractivity contribution in [1.29, 1.82) is 0 Å². The highest BCUT2D eigenvalue weighted by Gasteiger charge is 2.21. The minimum absolute atomic E-state index is 0.0820. The van der Waals surface area contributed by atoms with Gasteiger partial charge in [-0.3, -0.25) is 14.7 Å². The van der Waals surface area contributed by atoms with Gasteiger partial charge in [-0.15, -0.1) is 0 Å². The molecule has 1 aliphatic rings. The van der Waals surface area contributed by atoms with Crippen molar-refractivity contribution in [3.05, 3.63) is 45.0 Å². The molecule has 0 spiro atoms. The van der Waals surface area contributed by atoms with Gasteiger partial charge >= 0.3 is 0 Å². The molecule has 0 amide bonds. The average Bonchev–Trinajstić information content (AvgIpc) is 3.26. The molecule has 1 unspecified atom stereocenters. The van der Waals surface area contributed by atoms with Gasteiger partial charge in [0, 0.05) is 12.6 Å². The van der Waals surface area contributed by atoms with Crippen LogP contribution in [-0.4, -0.2) is 33.6 Å². The van der Waals surface area contributed by atoms with Gasteiger partial charge in [-0.1, -0.05) is 12.1 Å². The molecular formula is C14H17N3O3. The molecule has 3 rings (SSSR count). The van der Waals surface area contributed by atoms with E-state index >= 15 is 0 Å². The van der Waals surface area contributed by atoms with Gasteiger partial charge < -0.3 is 10.4 Å². The van der Waals surface area contributed by atoms with Gasteiger partial charge in [0.1, 0.15) is 0 Å². The second-order valence-electron chi connectivity index (χ2n) is 5.24. The van der Waals surface area contributed by atoms with E-state index < -0.39 is 6.10 Å². The van der Waals surface area contributed by atoms with Crippen LogP contribution >= 0.6 is 0 Å². The summed E-state index contributed by atoms with van der Waals surface area (Å²) in [5.74, 6) is 0. The largest absolute Gasteiger partial charge is 0.390 e. The topological polar surface area (TPSA) is 87.1 Å². The van der Waals surface area contributed by atoms with E-state index in [1.54, 1.807) is 24.3 Å². The molecule has 0 aliphatic heterocycles. The van der Waals surface area contributed by atoms with Crippen LogP contribution in [-0.2, 0) is 6.54 Å². The Hall–Kier alpha value is -1.92. The third kappa shape index (κ3) is 2.66. The van der Waals surface area contributed by atoms with E-state index in [2.05, 4.69) is 10.4 Å². The molecule has 1 fully saturated rings. The lowest BCUT2D eigenvalue weighted by Gasteiger charge is -2.13. The molecule has 1 atom stereocenters. The van der Waals surface area contributed by atoms with Crippen molar-refractivity contribution in [1.82, 2.24) is 15.1 Å². The molecule has 6 heteroatoms. The molecule has 0 bridgehead atoms. The first-order valence-corrected chi connectivity index (χ1v) is 6.78. The van der Waals surface area contributed by atoms with Crippen LogP contribution in [0.1, 0.15) is 12.8 Å². The van der Waals surface area contributed by atoms with Crippen molar-refractivity contribution in [2.75, 3.05) is 6.54 Å². The number of aromatic nitrogens is 2. The third-order valence-corrected chi connectivity index (χ3v) is 3.50. The van der Waals surface area contributed by atoms with Crippen LogP contribution in [0.15, 0.2) is 33.9 Å². The van der Waals surface area contributed by atoms with E-state index in [1.807, 2.05) is 0 Å². The van der Waals surface area contributed by atoms with Crippen LogP contribution in [0, 0.1) is 0 Å². The van der Waals surface area contributed by atoms with Crippen molar-refractivity contribution in [3.63, 3.8) is 0 Å². The van der Waals surface area contributed by atoms with E-state index in [0.717, 1.165) is 12.8 Å². The smallest absolute Gasteiger partial charge is 0.273 e. The Bertz CT molecular complexity index is 730. The summed E-state index contributed by atoms with van der Waals surface area (Å²) in [7, 11) is 0. The first-order valence-electron chi connectivity index (χ1n) is 6.78. The number of hydrogen-bond acceptors (Lipinski definition) is 4. The Kier molecular flexibility index (Phi) is 3.42. The fraction of sp³-hybridized carbons (Fsp3) is 0.429. The van der Waals surface area contributed by atoms with Gasteiger partial charge in [0.05, 0.1) is 23.4 Å². The number of aromatic amines is 1. The maximum absolute atomic E-state index is 12.2. The number of nitrogens with one attached hydrogen (secondary N) is 2. The first kappa shape index (κ1) is 13.1. The van der Waals surface area contributed by atoms with E-state index in [4.69, 9.17) is 0 Å². The number of nitrogens with zero attached hydrogens (tertiary/aromatic N) is 1. The number of H-pyrrole nitrogens is 1. The van der Waals surface area contributed by atoms with Crippen molar-refractivity contribution in [2.24, 2.45) is 0 Å². The molecule has 106 valence electrons. The number of hydrogen-bond donors (Lipinski definition) is 3. The Balaban J connectivity index is 1.85. The van der Waals surface area contributed by atoms with Gasteiger partial charge in [-0.2, -0.15) is 0 Å². The van der Waals surface area contributed by atoms with E-state index in [0.29, 0.717) is 23.4 Å². The molecule has 0 radical (unpaired) electrons. The second-order valence-corrected chi connectivity index (χ2v) is 5.24. The minimum Gasteiger partial charge on any atom is -0.390 e. The van der Waals surface area contributed by atoms with Gasteiger partial charge in [-0.25, -0.2) is 4.68 Å². The number of fused-ring (bicyclic) bond motifs is 1. The Labute approximate surface area is 115 Å². The lowest BCUT2D eigenvalue weighted by molar-refractivity contribution is 0.144. The fourth-order valence-electron chi connectivity index (χ4n) is 2.24. The van der Waals surface area contributed by atoms with Crippen LogP contribution in [0.2, 0.25) is 0 Å². The maximum Gasteiger partial charge on any atom is 0.273 e. The summed E-state index contributed by atoms with van der Waals surface area (Å²) in [6.45, 7) is 0.505. The van der Waals surface area contributed by atoms with Gasteiger partial charge in [0.25, 0.3) is 11.1 Å². The van der Waals surface area contributed by atoms with Gasteiger partial charge in [-0.05, 0) is 25.0 Å². The van der Waals surface area contributed by atoms with Crippen molar-refractivity contribution in [2.45, 2.75) is 31.5 Å². The standard InChI is InChI=1S/C14H17N3O3/c18-10(7-15-9-5-6-9)8-17-14(20)12-4-2-1-3-11(12)13(19)16-17/h1-4,9-10,15,18H,5-8H2,(H,16,19). The molecule has 1 heterocycles. The average molecular weight is 275 g/mol. The van der Waals surface area contributed by atoms with Crippen LogP contribution < -0.4 is 16.4 Å². The van der Waals surface area contributed by atoms with Crippen molar-refractivity contribution >= 4 is 10.8 Å². The summed E-state index contributed by atoms with van der Waals surface area (Å²) >= 11 is 0. The highest BCUT2D eigenvalue weighted by molar-refractivity contribution is 5.80. The summed E-state index contributed by atoms with van der Waals surface area (Å²) in [5.41, 5.74) is -0.603. The molecule has 0 saturated heterocycles. The molecule has 6 nitrogen and oxygen atoms in total. The normalized spacial score (nSPS) is 16.4. The predicted molar refractivity (Wildman–Crippen MR) is 75.9 cm³/mol. The van der Waals surface area contributed by atoms with E-state index in [1.165, 1.54) is 4.68 Å². The second kappa shape index (κ2) is 5.22. The molecule has 1 aromatic carbocycles. The monoisotopic (exact) mass is 275 g/mol. The summed E-state index contributed by atoms with van der Waals surface area (Å²) in [6.07, 6.45) is 1.57. The first-order chi connectivity index (χ1) is 9.65. The molecule has 2 aromatic rings. The van der Waals surface area contributed by atoms with Gasteiger partial charge in [0.15, 0.2) is 0 Å². The quantitative estimate of drug-likeness (QED) is 0.705. The number of aliphatic hydroxyl groups excluding tert-OH is 1. The molecule has 1 saturated carbocycles. The lowest BCUT2D eigenvalue weighted by Crippen LogP contribution is -2.38. The van der Waals surface area contributed by atoms with Crippen LogP contribution in [0.3, 0.4) is 0 Å². The summed E-state index contributed by atoms with van der Waals surface area (Å²) in [5, 5.41) is 16.4. The number of benzene rings is 1. The van der Waals surface area contributed by atoms with Crippen molar-refractivity contribution < 1.29 is 5.11 Å². The van der Waals surface area contributed by atoms with E-state index in [-0.39, 0.29) is 17.7 Å².